The first-order valence-electron chi connectivity index (χ1n) is 8.39. The van der Waals surface area contributed by atoms with Crippen LogP contribution in [0, 0.1) is 0 Å². The zero-order chi connectivity index (χ0) is 16.3. The van der Waals surface area contributed by atoms with Gasteiger partial charge in [-0.1, -0.05) is 36.4 Å². The van der Waals surface area contributed by atoms with Gasteiger partial charge >= 0.3 is 0 Å². The van der Waals surface area contributed by atoms with Crippen LogP contribution in [-0.2, 0) is 5.54 Å². The lowest BCUT2D eigenvalue weighted by Crippen LogP contribution is -2.48. The second-order valence-corrected chi connectivity index (χ2v) is 6.78. The molecule has 0 aliphatic heterocycles. The highest BCUT2D eigenvalue weighted by molar-refractivity contribution is 5.48. The summed E-state index contributed by atoms with van der Waals surface area (Å²) in [5.41, 5.74) is 2.47. The molecule has 3 nitrogen and oxygen atoms in total. The molecule has 1 unspecified atom stereocenters. The fraction of sp³-hybridized carbons (Fsp3) is 0.400. The zero-order valence-electron chi connectivity index (χ0n) is 14.0. The Kier molecular flexibility index (Phi) is 4.58. The van der Waals surface area contributed by atoms with Crippen LogP contribution in [0.5, 0.6) is 5.75 Å². The maximum Gasteiger partial charge on any atom is 0.117 e. The van der Waals surface area contributed by atoms with E-state index in [0.717, 1.165) is 18.5 Å². The molecule has 23 heavy (non-hydrogen) atoms. The van der Waals surface area contributed by atoms with Crippen molar-refractivity contribution in [2.24, 2.45) is 0 Å². The molecule has 2 atom stereocenters. The Labute approximate surface area is 139 Å². The second kappa shape index (κ2) is 6.63. The quantitative estimate of drug-likeness (QED) is 0.888. The minimum Gasteiger partial charge on any atom is -0.508 e. The van der Waals surface area contributed by atoms with Crippen molar-refractivity contribution >= 4 is 5.69 Å². The number of aromatic hydroxyl groups is 1. The fourth-order valence-electron chi connectivity index (χ4n) is 3.88. The third-order valence-corrected chi connectivity index (χ3v) is 5.11. The van der Waals surface area contributed by atoms with Crippen molar-refractivity contribution in [3.63, 3.8) is 0 Å². The standard InChI is InChI=1S/C20H26N2O/c1-22(2)20(16-8-4-3-5-9-16)13-7-11-18(15-20)21-17-10-6-12-19(23)14-17/h3-6,8-10,12,14,18,21,23H,7,11,13,15H2,1-2H3/t18-,20?/m1/s1. The molecule has 0 amide bonds. The summed E-state index contributed by atoms with van der Waals surface area (Å²) < 4.78 is 0. The average Bonchev–Trinajstić information content (AvgIpc) is 2.55. The predicted octanol–water partition coefficient (Wildman–Crippen LogP) is 4.20. The van der Waals surface area contributed by atoms with E-state index in [1.165, 1.54) is 18.4 Å². The SMILES string of the molecule is CN(C)C1(c2ccccc2)CCC[C@@H](Nc2cccc(O)c2)C1. The number of phenols is 1. The lowest BCUT2D eigenvalue weighted by Gasteiger charge is -2.46. The molecule has 0 bridgehead atoms. The van der Waals surface area contributed by atoms with Gasteiger partial charge in [0.15, 0.2) is 0 Å². The molecular weight excluding hydrogens is 284 g/mol. The van der Waals surface area contributed by atoms with E-state index in [-0.39, 0.29) is 5.54 Å². The van der Waals surface area contributed by atoms with E-state index in [4.69, 9.17) is 0 Å². The monoisotopic (exact) mass is 310 g/mol. The summed E-state index contributed by atoms with van der Waals surface area (Å²) in [4.78, 5) is 2.37. The van der Waals surface area contributed by atoms with Crippen molar-refractivity contribution in [3.05, 3.63) is 60.2 Å². The van der Waals surface area contributed by atoms with E-state index < -0.39 is 0 Å². The van der Waals surface area contributed by atoms with Crippen molar-refractivity contribution in [1.82, 2.24) is 4.90 Å². The molecule has 1 aliphatic carbocycles. The lowest BCUT2D eigenvalue weighted by molar-refractivity contribution is 0.0926. The number of hydrogen-bond donors (Lipinski definition) is 2. The van der Waals surface area contributed by atoms with Gasteiger partial charge in [-0.05, 0) is 57.5 Å². The first-order chi connectivity index (χ1) is 11.1. The van der Waals surface area contributed by atoms with E-state index >= 15 is 0 Å². The molecule has 2 aromatic carbocycles. The van der Waals surface area contributed by atoms with E-state index in [1.54, 1.807) is 12.1 Å². The van der Waals surface area contributed by atoms with Crippen molar-refractivity contribution in [3.8, 4) is 5.75 Å². The Morgan fingerprint density at radius 3 is 2.57 bits per heavy atom. The number of anilines is 1. The molecule has 0 heterocycles. The molecule has 1 fully saturated rings. The molecule has 0 spiro atoms. The minimum absolute atomic E-state index is 0.0774. The van der Waals surface area contributed by atoms with E-state index in [9.17, 15) is 5.11 Å². The Morgan fingerprint density at radius 1 is 1.09 bits per heavy atom. The van der Waals surface area contributed by atoms with Crippen molar-refractivity contribution in [2.75, 3.05) is 19.4 Å². The van der Waals surface area contributed by atoms with Crippen molar-refractivity contribution < 1.29 is 5.11 Å². The predicted molar refractivity (Wildman–Crippen MR) is 95.8 cm³/mol. The molecule has 3 rings (SSSR count). The molecule has 3 heteroatoms. The number of benzene rings is 2. The topological polar surface area (TPSA) is 35.5 Å². The Hall–Kier alpha value is -2.00. The average molecular weight is 310 g/mol. The maximum atomic E-state index is 9.66. The number of nitrogens with zero attached hydrogens (tertiary/aromatic N) is 1. The maximum absolute atomic E-state index is 9.66. The summed E-state index contributed by atoms with van der Waals surface area (Å²) in [7, 11) is 4.37. The molecule has 1 aliphatic rings. The molecule has 0 radical (unpaired) electrons. The van der Waals surface area contributed by atoms with Gasteiger partial charge in [-0.3, -0.25) is 4.90 Å². The molecule has 122 valence electrons. The summed E-state index contributed by atoms with van der Waals surface area (Å²) in [6, 6.07) is 18.7. The lowest BCUT2D eigenvalue weighted by atomic mass is 9.73. The second-order valence-electron chi connectivity index (χ2n) is 6.78. The normalized spacial score (nSPS) is 24.6. The number of hydrogen-bond acceptors (Lipinski definition) is 3. The van der Waals surface area contributed by atoms with Crippen LogP contribution in [-0.4, -0.2) is 30.1 Å². The molecule has 2 N–H and O–H groups in total. The summed E-state index contributed by atoms with van der Waals surface area (Å²) >= 11 is 0. The summed E-state index contributed by atoms with van der Waals surface area (Å²) in [6.45, 7) is 0. The van der Waals surface area contributed by atoms with Crippen LogP contribution in [0.25, 0.3) is 0 Å². The van der Waals surface area contributed by atoms with Gasteiger partial charge in [0.1, 0.15) is 5.75 Å². The van der Waals surface area contributed by atoms with Gasteiger partial charge in [-0.2, -0.15) is 0 Å². The molecule has 1 saturated carbocycles. The van der Waals surface area contributed by atoms with Gasteiger partial charge in [-0.25, -0.2) is 0 Å². The Balaban J connectivity index is 1.83. The Morgan fingerprint density at radius 2 is 1.87 bits per heavy atom. The highest BCUT2D eigenvalue weighted by atomic mass is 16.3. The smallest absolute Gasteiger partial charge is 0.117 e. The number of phenolic OH excluding ortho intramolecular Hbond substituents is 1. The van der Waals surface area contributed by atoms with Gasteiger partial charge in [-0.15, -0.1) is 0 Å². The third kappa shape index (κ3) is 3.35. The van der Waals surface area contributed by atoms with Crippen molar-refractivity contribution in [1.29, 1.82) is 0 Å². The summed E-state index contributed by atoms with van der Waals surface area (Å²) in [6.07, 6.45) is 4.61. The largest absolute Gasteiger partial charge is 0.508 e. The van der Waals surface area contributed by atoms with Crippen LogP contribution in [0.4, 0.5) is 5.69 Å². The summed E-state index contributed by atoms with van der Waals surface area (Å²) in [5.74, 6) is 0.313. The van der Waals surface area contributed by atoms with E-state index in [0.29, 0.717) is 11.8 Å². The van der Waals surface area contributed by atoms with Crippen LogP contribution in [0.2, 0.25) is 0 Å². The first kappa shape index (κ1) is 15.9. The first-order valence-corrected chi connectivity index (χ1v) is 8.39. The van der Waals surface area contributed by atoms with Gasteiger partial charge in [0.25, 0.3) is 0 Å². The molecule has 0 aromatic heterocycles. The number of rotatable bonds is 4. The van der Waals surface area contributed by atoms with Gasteiger partial charge in [0.05, 0.1) is 0 Å². The Bertz CT molecular complexity index is 641. The van der Waals surface area contributed by atoms with Crippen LogP contribution in [0.1, 0.15) is 31.2 Å². The number of nitrogens with one attached hydrogen (secondary N) is 1. The summed E-state index contributed by atoms with van der Waals surface area (Å²) in [5, 5.41) is 13.3. The van der Waals surface area contributed by atoms with Gasteiger partial charge < -0.3 is 10.4 Å². The fourth-order valence-corrected chi connectivity index (χ4v) is 3.88. The minimum atomic E-state index is 0.0774. The third-order valence-electron chi connectivity index (χ3n) is 5.11. The van der Waals surface area contributed by atoms with Crippen LogP contribution < -0.4 is 5.32 Å². The molecule has 0 saturated heterocycles. The van der Waals surface area contributed by atoms with Gasteiger partial charge in [0, 0.05) is 23.3 Å². The zero-order valence-corrected chi connectivity index (χ0v) is 14.0. The highest BCUT2D eigenvalue weighted by Crippen LogP contribution is 2.41. The van der Waals surface area contributed by atoms with Crippen molar-refractivity contribution in [2.45, 2.75) is 37.3 Å². The van der Waals surface area contributed by atoms with Crippen LogP contribution in [0.15, 0.2) is 54.6 Å². The molecular formula is C20H26N2O. The van der Waals surface area contributed by atoms with E-state index in [2.05, 4.69) is 54.6 Å². The van der Waals surface area contributed by atoms with Gasteiger partial charge in [0.2, 0.25) is 0 Å². The van der Waals surface area contributed by atoms with Crippen LogP contribution in [0.3, 0.4) is 0 Å². The van der Waals surface area contributed by atoms with E-state index in [1.807, 2.05) is 12.1 Å². The van der Waals surface area contributed by atoms with Crippen LogP contribution >= 0.6 is 0 Å². The molecule has 2 aromatic rings. The highest BCUT2D eigenvalue weighted by Gasteiger charge is 2.39.